The molecule has 1 aliphatic carbocycles. The van der Waals surface area contributed by atoms with Gasteiger partial charge in [0.2, 0.25) is 5.91 Å². The predicted molar refractivity (Wildman–Crippen MR) is 70.2 cm³/mol. The van der Waals surface area contributed by atoms with Crippen LogP contribution in [0.25, 0.3) is 0 Å². The van der Waals surface area contributed by atoms with Gasteiger partial charge in [-0.2, -0.15) is 0 Å². The summed E-state index contributed by atoms with van der Waals surface area (Å²) in [7, 11) is 0. The van der Waals surface area contributed by atoms with Gasteiger partial charge in [0.1, 0.15) is 0 Å². The van der Waals surface area contributed by atoms with Gasteiger partial charge in [0.05, 0.1) is 10.8 Å². The van der Waals surface area contributed by atoms with Crippen molar-refractivity contribution >= 4 is 23.3 Å². The first-order valence-electron chi connectivity index (χ1n) is 6.25. The maximum absolute atomic E-state index is 12.0. The topological polar surface area (TPSA) is 110 Å². The maximum atomic E-state index is 12.0. The van der Waals surface area contributed by atoms with Crippen LogP contribution in [0.5, 0.6) is 0 Å². The van der Waals surface area contributed by atoms with Crippen LogP contribution in [-0.2, 0) is 9.59 Å². The highest BCUT2D eigenvalue weighted by atomic mass is 16.6. The molecule has 20 heavy (non-hydrogen) atoms. The monoisotopic (exact) mass is 278 g/mol. The van der Waals surface area contributed by atoms with E-state index < -0.39 is 16.8 Å². The molecule has 1 fully saturated rings. The molecular weight excluding hydrogens is 264 g/mol. The molecule has 2 N–H and O–H groups in total. The van der Waals surface area contributed by atoms with E-state index in [0.29, 0.717) is 24.9 Å². The minimum absolute atomic E-state index is 0.0465. The van der Waals surface area contributed by atoms with E-state index in [-0.39, 0.29) is 17.5 Å². The lowest BCUT2D eigenvalue weighted by Crippen LogP contribution is -2.21. The van der Waals surface area contributed by atoms with Crippen molar-refractivity contribution in [3.05, 3.63) is 34.4 Å². The highest BCUT2D eigenvalue weighted by molar-refractivity contribution is 5.93. The number of nitro groups is 1. The van der Waals surface area contributed by atoms with Crippen molar-refractivity contribution in [2.75, 3.05) is 5.32 Å². The summed E-state index contributed by atoms with van der Waals surface area (Å²) in [4.78, 5) is 32.8. The molecule has 0 saturated heterocycles. The highest BCUT2D eigenvalue weighted by Crippen LogP contribution is 2.32. The minimum Gasteiger partial charge on any atom is -0.481 e. The van der Waals surface area contributed by atoms with E-state index in [0.717, 1.165) is 0 Å². The first-order valence-corrected chi connectivity index (χ1v) is 6.25. The van der Waals surface area contributed by atoms with Gasteiger partial charge in [-0.25, -0.2) is 0 Å². The van der Waals surface area contributed by atoms with Crippen molar-refractivity contribution in [3.63, 3.8) is 0 Å². The third-order valence-electron chi connectivity index (χ3n) is 3.50. The van der Waals surface area contributed by atoms with Crippen LogP contribution in [0.2, 0.25) is 0 Å². The number of nitrogens with one attached hydrogen (secondary N) is 1. The number of carboxylic acids is 1. The fourth-order valence-electron chi connectivity index (χ4n) is 2.35. The molecule has 1 aromatic rings. The molecule has 0 bridgehead atoms. The van der Waals surface area contributed by atoms with Crippen molar-refractivity contribution < 1.29 is 19.6 Å². The quantitative estimate of drug-likeness (QED) is 0.646. The van der Waals surface area contributed by atoms with Gasteiger partial charge < -0.3 is 10.4 Å². The zero-order valence-electron chi connectivity index (χ0n) is 10.6. The average Bonchev–Trinajstić information content (AvgIpc) is 2.89. The van der Waals surface area contributed by atoms with Crippen LogP contribution >= 0.6 is 0 Å². The van der Waals surface area contributed by atoms with Gasteiger partial charge >= 0.3 is 5.97 Å². The molecule has 0 aromatic heterocycles. The van der Waals surface area contributed by atoms with Crippen molar-refractivity contribution in [1.29, 1.82) is 0 Å². The molecule has 1 aromatic carbocycles. The van der Waals surface area contributed by atoms with Gasteiger partial charge in [-0.1, -0.05) is 0 Å². The summed E-state index contributed by atoms with van der Waals surface area (Å²) in [5, 5.41) is 22.1. The van der Waals surface area contributed by atoms with Gasteiger partial charge in [-0.05, 0) is 31.4 Å². The van der Waals surface area contributed by atoms with Crippen LogP contribution in [-0.4, -0.2) is 21.9 Å². The summed E-state index contributed by atoms with van der Waals surface area (Å²) in [5.41, 5.74) is 0.425. The molecule has 2 unspecified atom stereocenters. The number of carbonyl (C=O) groups is 2. The Morgan fingerprint density at radius 2 is 1.80 bits per heavy atom. The van der Waals surface area contributed by atoms with Crippen LogP contribution in [0.4, 0.5) is 11.4 Å². The SMILES string of the molecule is O=C(O)C1CCC(C(=O)Nc2ccc([N+](=O)[O-])cc2)C1. The number of non-ortho nitro benzene ring substituents is 1. The van der Waals surface area contributed by atoms with E-state index in [1.165, 1.54) is 24.3 Å². The zero-order valence-corrected chi connectivity index (χ0v) is 10.6. The number of hydrogen-bond acceptors (Lipinski definition) is 4. The summed E-state index contributed by atoms with van der Waals surface area (Å²) < 4.78 is 0. The van der Waals surface area contributed by atoms with Gasteiger partial charge in [-0.3, -0.25) is 19.7 Å². The predicted octanol–water partition coefficient (Wildman–Crippen LogP) is 2.03. The highest BCUT2D eigenvalue weighted by Gasteiger charge is 2.33. The van der Waals surface area contributed by atoms with Crippen LogP contribution < -0.4 is 5.32 Å². The summed E-state index contributed by atoms with van der Waals surface area (Å²) in [6, 6.07) is 5.54. The standard InChI is InChI=1S/C13H14N2O5/c16-12(8-1-2-9(7-8)13(17)18)14-10-3-5-11(6-4-10)15(19)20/h3-6,8-9H,1-2,7H2,(H,14,16)(H,17,18). The smallest absolute Gasteiger partial charge is 0.306 e. The zero-order chi connectivity index (χ0) is 14.7. The average molecular weight is 278 g/mol. The number of nitrogens with zero attached hydrogens (tertiary/aromatic N) is 1. The third-order valence-corrected chi connectivity index (χ3v) is 3.50. The molecule has 106 valence electrons. The van der Waals surface area contributed by atoms with Gasteiger partial charge in [0, 0.05) is 23.7 Å². The fourth-order valence-corrected chi connectivity index (χ4v) is 2.35. The molecule has 7 heteroatoms. The number of rotatable bonds is 4. The lowest BCUT2D eigenvalue weighted by Gasteiger charge is -2.10. The number of anilines is 1. The normalized spacial score (nSPS) is 21.4. The lowest BCUT2D eigenvalue weighted by molar-refractivity contribution is -0.384. The lowest BCUT2D eigenvalue weighted by atomic mass is 10.0. The van der Waals surface area contributed by atoms with E-state index in [9.17, 15) is 19.7 Å². The van der Waals surface area contributed by atoms with Gasteiger partial charge in [0.25, 0.3) is 5.69 Å². The summed E-state index contributed by atoms with van der Waals surface area (Å²) in [6.45, 7) is 0. The Labute approximate surface area is 114 Å². The van der Waals surface area contributed by atoms with Crippen LogP contribution in [0.3, 0.4) is 0 Å². The molecule has 1 amide bonds. The molecule has 0 aliphatic heterocycles. The van der Waals surface area contributed by atoms with Crippen molar-refractivity contribution in [2.45, 2.75) is 19.3 Å². The Morgan fingerprint density at radius 1 is 1.20 bits per heavy atom. The molecule has 2 atom stereocenters. The Bertz CT molecular complexity index is 540. The Kier molecular flexibility index (Phi) is 3.97. The van der Waals surface area contributed by atoms with Gasteiger partial charge in [-0.15, -0.1) is 0 Å². The second kappa shape index (κ2) is 5.68. The Hall–Kier alpha value is -2.44. The summed E-state index contributed by atoms with van der Waals surface area (Å²) in [6.07, 6.45) is 1.40. The molecule has 1 aliphatic rings. The Balaban J connectivity index is 1.95. The van der Waals surface area contributed by atoms with Crippen molar-refractivity contribution in [3.8, 4) is 0 Å². The van der Waals surface area contributed by atoms with Crippen LogP contribution in [0.15, 0.2) is 24.3 Å². The third kappa shape index (κ3) is 3.11. The molecular formula is C13H14N2O5. The number of amides is 1. The first kappa shape index (κ1) is 14.0. The minimum atomic E-state index is -0.865. The van der Waals surface area contributed by atoms with E-state index in [2.05, 4.69) is 5.32 Å². The van der Waals surface area contributed by atoms with E-state index in [1.807, 2.05) is 0 Å². The number of nitro benzene ring substituents is 1. The first-order chi connectivity index (χ1) is 9.47. The van der Waals surface area contributed by atoms with Crippen LogP contribution in [0.1, 0.15) is 19.3 Å². The Morgan fingerprint density at radius 3 is 2.30 bits per heavy atom. The molecule has 0 heterocycles. The molecule has 7 nitrogen and oxygen atoms in total. The second-order valence-corrected chi connectivity index (χ2v) is 4.84. The van der Waals surface area contributed by atoms with E-state index in [1.54, 1.807) is 0 Å². The fraction of sp³-hybridized carbons (Fsp3) is 0.385. The molecule has 0 radical (unpaired) electrons. The maximum Gasteiger partial charge on any atom is 0.306 e. The van der Waals surface area contributed by atoms with E-state index >= 15 is 0 Å². The van der Waals surface area contributed by atoms with E-state index in [4.69, 9.17) is 5.11 Å². The van der Waals surface area contributed by atoms with Crippen molar-refractivity contribution in [2.24, 2.45) is 11.8 Å². The van der Waals surface area contributed by atoms with Crippen molar-refractivity contribution in [1.82, 2.24) is 0 Å². The molecule has 0 spiro atoms. The number of aliphatic carboxylic acids is 1. The summed E-state index contributed by atoms with van der Waals surface area (Å²) >= 11 is 0. The molecule has 1 saturated carbocycles. The second-order valence-electron chi connectivity index (χ2n) is 4.84. The number of benzene rings is 1. The number of carbonyl (C=O) groups excluding carboxylic acids is 1. The van der Waals surface area contributed by atoms with Crippen LogP contribution in [0, 0.1) is 22.0 Å². The number of hydrogen-bond donors (Lipinski definition) is 2. The largest absolute Gasteiger partial charge is 0.481 e. The number of carboxylic acid groups (broad SMARTS) is 1. The summed E-state index contributed by atoms with van der Waals surface area (Å²) in [5.74, 6) is -1.87. The van der Waals surface area contributed by atoms with Gasteiger partial charge in [0.15, 0.2) is 0 Å². The molecule has 2 rings (SSSR count).